The van der Waals surface area contributed by atoms with E-state index in [1.165, 1.54) is 24.3 Å². The number of aromatic nitrogens is 1. The Hall–Kier alpha value is -2.41. The van der Waals surface area contributed by atoms with Crippen LogP contribution in [0, 0.1) is 0 Å². The van der Waals surface area contributed by atoms with Crippen LogP contribution in [0.25, 0.3) is 10.9 Å². The Morgan fingerprint density at radius 3 is 2.52 bits per heavy atom. The molecule has 1 heterocycles. The van der Waals surface area contributed by atoms with Crippen LogP contribution in [0.4, 0.5) is 13.2 Å². The summed E-state index contributed by atoms with van der Waals surface area (Å²) in [5.41, 5.74) is -1.84. The minimum atomic E-state index is -4.33. The Labute approximate surface area is 146 Å². The van der Waals surface area contributed by atoms with Crippen molar-refractivity contribution >= 4 is 28.6 Å². The van der Waals surface area contributed by atoms with E-state index in [1.54, 1.807) is 0 Å². The predicted molar refractivity (Wildman–Crippen MR) is 92.7 cm³/mol. The molecule has 0 unspecified atom stereocenters. The van der Waals surface area contributed by atoms with Crippen molar-refractivity contribution < 1.29 is 18.0 Å². The van der Waals surface area contributed by atoms with Gasteiger partial charge in [-0.3, -0.25) is 4.79 Å². The highest BCUT2D eigenvalue weighted by Crippen LogP contribution is 2.36. The number of hydrogen-bond donors (Lipinski definition) is 2. The monoisotopic (exact) mass is 364 g/mol. The largest absolute Gasteiger partial charge is 0.446 e. The van der Waals surface area contributed by atoms with Crippen LogP contribution in [0.2, 0.25) is 0 Å². The number of para-hydroxylation sites is 1. The van der Waals surface area contributed by atoms with Crippen LogP contribution in [0.5, 0.6) is 0 Å². The van der Waals surface area contributed by atoms with Crippen molar-refractivity contribution in [2.45, 2.75) is 16.8 Å². The fourth-order valence-corrected chi connectivity index (χ4v) is 3.10. The zero-order chi connectivity index (χ0) is 17.9. The zero-order valence-corrected chi connectivity index (χ0v) is 13.9. The third-order valence-electron chi connectivity index (χ3n) is 3.70. The van der Waals surface area contributed by atoms with Gasteiger partial charge in [-0.25, -0.2) is 0 Å². The molecule has 0 fully saturated rings. The van der Waals surface area contributed by atoms with Crippen molar-refractivity contribution in [2.75, 3.05) is 6.54 Å². The number of nitrogens with one attached hydrogen (secondary N) is 2. The van der Waals surface area contributed by atoms with E-state index in [0.717, 1.165) is 16.5 Å². The van der Waals surface area contributed by atoms with Gasteiger partial charge < -0.3 is 10.3 Å². The standard InChI is InChI=1S/C18H15F3N2OS/c19-18(20,21)25-14-7-5-12(6-8-14)17(24)22-10-9-13-11-23-16-4-2-1-3-15(13)16/h1-8,11,23H,9-10H2,(H,22,24). The van der Waals surface area contributed by atoms with E-state index in [2.05, 4.69) is 10.3 Å². The molecule has 25 heavy (non-hydrogen) atoms. The lowest BCUT2D eigenvalue weighted by Gasteiger charge is -2.07. The molecular weight excluding hydrogens is 349 g/mol. The summed E-state index contributed by atoms with van der Waals surface area (Å²) < 4.78 is 36.9. The molecule has 0 aliphatic heterocycles. The lowest BCUT2D eigenvalue weighted by molar-refractivity contribution is -0.0328. The molecule has 3 aromatic rings. The molecule has 2 N–H and O–H groups in total. The average Bonchev–Trinajstić information content (AvgIpc) is 2.97. The molecule has 0 saturated heterocycles. The van der Waals surface area contributed by atoms with E-state index in [9.17, 15) is 18.0 Å². The first-order valence-electron chi connectivity index (χ1n) is 7.61. The van der Waals surface area contributed by atoms with E-state index in [1.807, 2.05) is 30.5 Å². The molecular formula is C18H15F3N2OS. The molecule has 1 amide bonds. The maximum atomic E-state index is 12.3. The van der Waals surface area contributed by atoms with Crippen LogP contribution >= 0.6 is 11.8 Å². The van der Waals surface area contributed by atoms with Crippen LogP contribution in [-0.2, 0) is 6.42 Å². The van der Waals surface area contributed by atoms with Crippen LogP contribution in [0.3, 0.4) is 0 Å². The maximum absolute atomic E-state index is 12.3. The van der Waals surface area contributed by atoms with Gasteiger partial charge >= 0.3 is 5.51 Å². The molecule has 130 valence electrons. The second-order valence-electron chi connectivity index (χ2n) is 5.44. The summed E-state index contributed by atoms with van der Waals surface area (Å²) in [6.07, 6.45) is 2.58. The summed E-state index contributed by atoms with van der Waals surface area (Å²) in [5, 5.41) is 3.90. The molecule has 2 aromatic carbocycles. The Bertz CT molecular complexity index is 872. The first-order chi connectivity index (χ1) is 11.9. The number of H-pyrrole nitrogens is 1. The quantitative estimate of drug-likeness (QED) is 0.642. The highest BCUT2D eigenvalue weighted by molar-refractivity contribution is 8.00. The van der Waals surface area contributed by atoms with E-state index >= 15 is 0 Å². The first kappa shape index (κ1) is 17.4. The molecule has 0 saturated carbocycles. The van der Waals surface area contributed by atoms with Gasteiger partial charge in [0.2, 0.25) is 0 Å². The number of halogens is 3. The molecule has 0 bridgehead atoms. The van der Waals surface area contributed by atoms with Gasteiger partial charge in [0.25, 0.3) is 5.91 Å². The summed E-state index contributed by atoms with van der Waals surface area (Å²) in [6, 6.07) is 13.3. The van der Waals surface area contributed by atoms with Gasteiger partial charge in [0.15, 0.2) is 0 Å². The van der Waals surface area contributed by atoms with Gasteiger partial charge in [-0.05, 0) is 54.1 Å². The Balaban J connectivity index is 1.55. The van der Waals surface area contributed by atoms with Gasteiger partial charge in [-0.1, -0.05) is 18.2 Å². The summed E-state index contributed by atoms with van der Waals surface area (Å²) in [7, 11) is 0. The van der Waals surface area contributed by atoms with Gasteiger partial charge in [0.1, 0.15) is 0 Å². The van der Waals surface area contributed by atoms with E-state index < -0.39 is 5.51 Å². The van der Waals surface area contributed by atoms with Gasteiger partial charge in [0, 0.05) is 34.1 Å². The number of hydrogen-bond acceptors (Lipinski definition) is 2. The fourth-order valence-electron chi connectivity index (χ4n) is 2.56. The lowest BCUT2D eigenvalue weighted by Crippen LogP contribution is -2.25. The highest BCUT2D eigenvalue weighted by atomic mass is 32.2. The van der Waals surface area contributed by atoms with Crippen molar-refractivity contribution in [1.29, 1.82) is 0 Å². The molecule has 0 radical (unpaired) electrons. The van der Waals surface area contributed by atoms with Crippen molar-refractivity contribution in [1.82, 2.24) is 10.3 Å². The summed E-state index contributed by atoms with van der Waals surface area (Å²) in [5.74, 6) is -0.302. The van der Waals surface area contributed by atoms with E-state index in [-0.39, 0.29) is 22.6 Å². The number of rotatable bonds is 5. The fraction of sp³-hybridized carbons (Fsp3) is 0.167. The van der Waals surface area contributed by atoms with Gasteiger partial charge in [0.05, 0.1) is 0 Å². The van der Waals surface area contributed by atoms with Gasteiger partial charge in [-0.15, -0.1) is 0 Å². The minimum Gasteiger partial charge on any atom is -0.361 e. The number of benzene rings is 2. The van der Waals surface area contributed by atoms with Crippen molar-refractivity contribution in [2.24, 2.45) is 0 Å². The zero-order valence-electron chi connectivity index (χ0n) is 13.1. The second-order valence-corrected chi connectivity index (χ2v) is 6.58. The molecule has 7 heteroatoms. The van der Waals surface area contributed by atoms with Gasteiger partial charge in [-0.2, -0.15) is 13.2 Å². The third-order valence-corrected chi connectivity index (χ3v) is 4.44. The molecule has 3 nitrogen and oxygen atoms in total. The van der Waals surface area contributed by atoms with Crippen molar-refractivity contribution in [3.8, 4) is 0 Å². The summed E-state index contributed by atoms with van der Waals surface area (Å²) in [4.78, 5) is 15.3. The SMILES string of the molecule is O=C(NCCc1c[nH]c2ccccc12)c1ccc(SC(F)(F)F)cc1. The number of fused-ring (bicyclic) bond motifs is 1. The number of alkyl halides is 3. The molecule has 0 aliphatic rings. The summed E-state index contributed by atoms with van der Waals surface area (Å²) >= 11 is -0.197. The predicted octanol–water partition coefficient (Wildman–Crippen LogP) is 4.75. The van der Waals surface area contributed by atoms with Crippen LogP contribution in [-0.4, -0.2) is 22.9 Å². The number of thioether (sulfide) groups is 1. The minimum absolute atomic E-state index is 0.0582. The smallest absolute Gasteiger partial charge is 0.361 e. The first-order valence-corrected chi connectivity index (χ1v) is 8.43. The van der Waals surface area contributed by atoms with Crippen LogP contribution in [0.15, 0.2) is 59.6 Å². The highest BCUT2D eigenvalue weighted by Gasteiger charge is 2.29. The number of amides is 1. The van der Waals surface area contributed by atoms with Crippen molar-refractivity contribution in [3.05, 3.63) is 65.9 Å². The second kappa shape index (κ2) is 7.23. The number of aromatic amines is 1. The van der Waals surface area contributed by atoms with Crippen molar-refractivity contribution in [3.63, 3.8) is 0 Å². The summed E-state index contributed by atoms with van der Waals surface area (Å²) in [6.45, 7) is 0.444. The van der Waals surface area contributed by atoms with Crippen LogP contribution in [0.1, 0.15) is 15.9 Å². The van der Waals surface area contributed by atoms with Crippen LogP contribution < -0.4 is 5.32 Å². The Kier molecular flexibility index (Phi) is 5.03. The Morgan fingerprint density at radius 1 is 1.08 bits per heavy atom. The van der Waals surface area contributed by atoms with E-state index in [4.69, 9.17) is 0 Å². The molecule has 0 spiro atoms. The topological polar surface area (TPSA) is 44.9 Å². The molecule has 0 atom stereocenters. The number of carbonyl (C=O) groups is 1. The Morgan fingerprint density at radius 2 is 1.80 bits per heavy atom. The maximum Gasteiger partial charge on any atom is 0.446 e. The molecule has 0 aliphatic carbocycles. The lowest BCUT2D eigenvalue weighted by atomic mass is 10.1. The molecule has 1 aromatic heterocycles. The normalized spacial score (nSPS) is 11.6. The third kappa shape index (κ3) is 4.57. The molecule has 3 rings (SSSR count). The number of carbonyl (C=O) groups excluding carboxylic acids is 1. The van der Waals surface area contributed by atoms with E-state index in [0.29, 0.717) is 18.5 Å². The average molecular weight is 364 g/mol.